The van der Waals surface area contributed by atoms with Crippen LogP contribution in [0, 0.1) is 0 Å². The van der Waals surface area contributed by atoms with E-state index in [9.17, 15) is 4.79 Å². The van der Waals surface area contributed by atoms with E-state index in [0.717, 1.165) is 31.5 Å². The molecule has 0 radical (unpaired) electrons. The highest BCUT2D eigenvalue weighted by Crippen LogP contribution is 2.30. The minimum atomic E-state index is -0.283. The molecule has 1 atom stereocenters. The lowest BCUT2D eigenvalue weighted by atomic mass is 10.0. The van der Waals surface area contributed by atoms with Gasteiger partial charge in [0.15, 0.2) is 0 Å². The predicted octanol–water partition coefficient (Wildman–Crippen LogP) is 4.12. The third-order valence-corrected chi connectivity index (χ3v) is 4.58. The molecule has 0 unspecified atom stereocenters. The van der Waals surface area contributed by atoms with E-state index in [4.69, 9.17) is 16.3 Å². The number of rotatable bonds is 5. The average molecular weight is 345 g/mol. The molecule has 0 spiro atoms. The first kappa shape index (κ1) is 16.8. The fourth-order valence-electron chi connectivity index (χ4n) is 3.12. The summed E-state index contributed by atoms with van der Waals surface area (Å²) >= 11 is 6.15. The van der Waals surface area contributed by atoms with E-state index in [-0.39, 0.29) is 11.9 Å². The fraction of sp³-hybridized carbons (Fsp3) is 0.316. The van der Waals surface area contributed by atoms with Crippen molar-refractivity contribution in [3.63, 3.8) is 0 Å². The summed E-state index contributed by atoms with van der Waals surface area (Å²) in [6.07, 6.45) is 2.26. The third kappa shape index (κ3) is 3.71. The minimum Gasteiger partial charge on any atom is -0.495 e. The lowest BCUT2D eigenvalue weighted by molar-refractivity contribution is -0.121. The molecular weight excluding hydrogens is 324 g/mol. The molecule has 2 aromatic carbocycles. The monoisotopic (exact) mass is 344 g/mol. The number of nitrogens with zero attached hydrogens (tertiary/aromatic N) is 1. The van der Waals surface area contributed by atoms with E-state index in [2.05, 4.69) is 10.2 Å². The average Bonchev–Trinajstić information content (AvgIpc) is 3.10. The van der Waals surface area contributed by atoms with Crippen LogP contribution in [0.4, 0.5) is 5.69 Å². The quantitative estimate of drug-likeness (QED) is 0.887. The van der Waals surface area contributed by atoms with E-state index >= 15 is 0 Å². The van der Waals surface area contributed by atoms with E-state index in [1.165, 1.54) is 0 Å². The van der Waals surface area contributed by atoms with Gasteiger partial charge in [-0.15, -0.1) is 0 Å². The molecule has 1 aliphatic rings. The normalized spacial score (nSPS) is 15.9. The Morgan fingerprint density at radius 2 is 1.88 bits per heavy atom. The Hall–Kier alpha value is -2.04. The van der Waals surface area contributed by atoms with Crippen LogP contribution in [0.3, 0.4) is 0 Å². The van der Waals surface area contributed by atoms with Crippen LogP contribution in [-0.2, 0) is 4.79 Å². The van der Waals surface area contributed by atoms with Crippen molar-refractivity contribution in [3.8, 4) is 5.75 Å². The molecule has 0 aromatic heterocycles. The molecule has 1 amide bonds. The zero-order valence-corrected chi connectivity index (χ0v) is 14.4. The summed E-state index contributed by atoms with van der Waals surface area (Å²) in [7, 11) is 1.57. The highest BCUT2D eigenvalue weighted by atomic mass is 35.5. The number of hydrogen-bond donors (Lipinski definition) is 1. The molecule has 24 heavy (non-hydrogen) atoms. The second-order valence-electron chi connectivity index (χ2n) is 5.89. The minimum absolute atomic E-state index is 0.0377. The number of carbonyl (C=O) groups excluding carboxylic acids is 1. The standard InChI is InChI=1S/C19H21ClN2O2/c1-24-17-10-9-15(13-16(17)20)21-19(23)18(22-11-5-6-12-22)14-7-3-2-4-8-14/h2-4,7-10,13,18H,5-6,11-12H2,1H3,(H,21,23)/t18-/m1/s1. The highest BCUT2D eigenvalue weighted by Gasteiger charge is 2.29. The first-order valence-corrected chi connectivity index (χ1v) is 8.50. The summed E-state index contributed by atoms with van der Waals surface area (Å²) < 4.78 is 5.15. The van der Waals surface area contributed by atoms with Gasteiger partial charge < -0.3 is 10.1 Å². The van der Waals surface area contributed by atoms with Crippen LogP contribution in [0.15, 0.2) is 48.5 Å². The summed E-state index contributed by atoms with van der Waals surface area (Å²) in [5, 5.41) is 3.47. The van der Waals surface area contributed by atoms with Crippen molar-refractivity contribution in [2.75, 3.05) is 25.5 Å². The number of benzene rings is 2. The molecule has 1 heterocycles. The van der Waals surface area contributed by atoms with E-state index in [0.29, 0.717) is 16.5 Å². The summed E-state index contributed by atoms with van der Waals surface area (Å²) in [5.41, 5.74) is 1.68. The number of ether oxygens (including phenoxy) is 1. The van der Waals surface area contributed by atoms with Gasteiger partial charge in [-0.25, -0.2) is 0 Å². The van der Waals surface area contributed by atoms with Gasteiger partial charge in [0, 0.05) is 5.69 Å². The van der Waals surface area contributed by atoms with Crippen molar-refractivity contribution in [3.05, 3.63) is 59.1 Å². The second kappa shape index (κ2) is 7.69. The molecule has 0 aliphatic carbocycles. The van der Waals surface area contributed by atoms with E-state index < -0.39 is 0 Å². The highest BCUT2D eigenvalue weighted by molar-refractivity contribution is 6.32. The first-order chi connectivity index (χ1) is 11.7. The van der Waals surface area contributed by atoms with Crippen molar-refractivity contribution in [1.82, 2.24) is 4.90 Å². The molecule has 4 nitrogen and oxygen atoms in total. The molecule has 1 aliphatic heterocycles. The number of likely N-dealkylation sites (tertiary alicyclic amines) is 1. The Morgan fingerprint density at radius 1 is 1.17 bits per heavy atom. The van der Waals surface area contributed by atoms with Crippen molar-refractivity contribution < 1.29 is 9.53 Å². The van der Waals surface area contributed by atoms with Crippen LogP contribution in [0.25, 0.3) is 0 Å². The Morgan fingerprint density at radius 3 is 2.50 bits per heavy atom. The van der Waals surface area contributed by atoms with Crippen LogP contribution in [-0.4, -0.2) is 31.0 Å². The number of halogens is 1. The molecule has 3 rings (SSSR count). The maximum absolute atomic E-state index is 12.9. The summed E-state index contributed by atoms with van der Waals surface area (Å²) in [4.78, 5) is 15.2. The number of methoxy groups -OCH3 is 1. The Labute approximate surface area is 147 Å². The summed E-state index contributed by atoms with van der Waals surface area (Å²) in [6.45, 7) is 1.88. The molecule has 1 saturated heterocycles. The second-order valence-corrected chi connectivity index (χ2v) is 6.30. The SMILES string of the molecule is COc1ccc(NC(=O)[C@@H](c2ccccc2)N2CCCC2)cc1Cl. The van der Waals surface area contributed by atoms with E-state index in [1.807, 2.05) is 30.3 Å². The molecule has 0 bridgehead atoms. The maximum atomic E-state index is 12.9. The Bertz CT molecular complexity index is 700. The zero-order valence-electron chi connectivity index (χ0n) is 13.7. The van der Waals surface area contributed by atoms with Gasteiger partial charge >= 0.3 is 0 Å². The molecule has 0 saturated carbocycles. The Kier molecular flexibility index (Phi) is 5.38. The van der Waals surface area contributed by atoms with Crippen LogP contribution < -0.4 is 10.1 Å². The maximum Gasteiger partial charge on any atom is 0.246 e. The fourth-order valence-corrected chi connectivity index (χ4v) is 3.38. The van der Waals surface area contributed by atoms with Gasteiger partial charge in [-0.05, 0) is 49.7 Å². The van der Waals surface area contributed by atoms with Crippen LogP contribution in [0.1, 0.15) is 24.4 Å². The topological polar surface area (TPSA) is 41.6 Å². The third-order valence-electron chi connectivity index (χ3n) is 4.29. The summed E-state index contributed by atoms with van der Waals surface area (Å²) in [6, 6.07) is 14.9. The van der Waals surface area contributed by atoms with E-state index in [1.54, 1.807) is 25.3 Å². The van der Waals surface area contributed by atoms with Gasteiger partial charge in [-0.3, -0.25) is 9.69 Å². The number of amides is 1. The molecule has 1 N–H and O–H groups in total. The van der Waals surface area contributed by atoms with Crippen molar-refractivity contribution in [2.24, 2.45) is 0 Å². The van der Waals surface area contributed by atoms with Crippen molar-refractivity contribution >= 4 is 23.2 Å². The summed E-state index contributed by atoms with van der Waals surface area (Å²) in [5.74, 6) is 0.554. The molecule has 1 fully saturated rings. The molecular formula is C19H21ClN2O2. The van der Waals surface area contributed by atoms with Crippen LogP contribution in [0.2, 0.25) is 5.02 Å². The zero-order chi connectivity index (χ0) is 16.9. The molecule has 2 aromatic rings. The predicted molar refractivity (Wildman–Crippen MR) is 96.6 cm³/mol. The number of carbonyl (C=O) groups is 1. The number of nitrogens with one attached hydrogen (secondary N) is 1. The van der Waals surface area contributed by atoms with Gasteiger partial charge in [0.25, 0.3) is 0 Å². The first-order valence-electron chi connectivity index (χ1n) is 8.12. The smallest absolute Gasteiger partial charge is 0.246 e. The number of hydrogen-bond acceptors (Lipinski definition) is 3. The lowest BCUT2D eigenvalue weighted by Gasteiger charge is -2.27. The van der Waals surface area contributed by atoms with Crippen molar-refractivity contribution in [2.45, 2.75) is 18.9 Å². The lowest BCUT2D eigenvalue weighted by Crippen LogP contribution is -2.35. The largest absolute Gasteiger partial charge is 0.495 e. The van der Waals surface area contributed by atoms with Crippen LogP contribution >= 0.6 is 11.6 Å². The molecule has 5 heteroatoms. The Balaban J connectivity index is 1.82. The van der Waals surface area contributed by atoms with Gasteiger partial charge in [-0.1, -0.05) is 41.9 Å². The molecule has 126 valence electrons. The van der Waals surface area contributed by atoms with Gasteiger partial charge in [0.05, 0.1) is 12.1 Å². The van der Waals surface area contributed by atoms with Crippen molar-refractivity contribution in [1.29, 1.82) is 0 Å². The van der Waals surface area contributed by atoms with Gasteiger partial charge in [0.1, 0.15) is 11.8 Å². The van der Waals surface area contributed by atoms with Gasteiger partial charge in [0.2, 0.25) is 5.91 Å². The number of anilines is 1. The van der Waals surface area contributed by atoms with Gasteiger partial charge in [-0.2, -0.15) is 0 Å². The van der Waals surface area contributed by atoms with Crippen LogP contribution in [0.5, 0.6) is 5.75 Å².